The van der Waals surface area contributed by atoms with Gasteiger partial charge in [0.15, 0.2) is 5.78 Å². The summed E-state index contributed by atoms with van der Waals surface area (Å²) in [6.07, 6.45) is 0. The second kappa shape index (κ2) is 9.05. The maximum absolute atomic E-state index is 13.4. The minimum Gasteiger partial charge on any atom is -0.292 e. The Morgan fingerprint density at radius 2 is 1.59 bits per heavy atom. The van der Waals surface area contributed by atoms with E-state index in [9.17, 15) is 29.3 Å². The van der Waals surface area contributed by atoms with Gasteiger partial charge in [0.05, 0.1) is 21.1 Å². The van der Waals surface area contributed by atoms with Crippen LogP contribution in [0.25, 0.3) is 0 Å². The van der Waals surface area contributed by atoms with Gasteiger partial charge in [0.2, 0.25) is 0 Å². The highest BCUT2D eigenvalue weighted by Gasteiger charge is 2.46. The Balaban J connectivity index is 1.79. The maximum atomic E-state index is 13.4. The minimum atomic E-state index is -1.10. The lowest BCUT2D eigenvalue weighted by atomic mass is 10.1. The van der Waals surface area contributed by atoms with Crippen LogP contribution in [-0.2, 0) is 0 Å². The Morgan fingerprint density at radius 3 is 2.24 bits per heavy atom. The third-order valence-electron chi connectivity index (χ3n) is 5.11. The third-order valence-corrected chi connectivity index (χ3v) is 5.69. The number of hydrogen-bond donors (Lipinski definition) is 0. The largest absolute Gasteiger partial charge is 0.292 e. The van der Waals surface area contributed by atoms with Crippen molar-refractivity contribution in [2.75, 3.05) is 6.54 Å². The summed E-state index contributed by atoms with van der Waals surface area (Å²) < 4.78 is 0. The number of nitro benzene ring substituents is 1. The van der Waals surface area contributed by atoms with Crippen LogP contribution in [0.1, 0.15) is 41.4 Å². The van der Waals surface area contributed by atoms with E-state index in [0.717, 1.165) is 6.07 Å². The molecule has 0 aromatic heterocycles. The van der Waals surface area contributed by atoms with Gasteiger partial charge in [0.25, 0.3) is 23.4 Å². The summed E-state index contributed by atoms with van der Waals surface area (Å²) in [7, 11) is 0. The zero-order valence-corrected chi connectivity index (χ0v) is 18.6. The van der Waals surface area contributed by atoms with E-state index in [1.54, 1.807) is 6.07 Å². The van der Waals surface area contributed by atoms with Gasteiger partial charge >= 0.3 is 0 Å². The van der Waals surface area contributed by atoms with Gasteiger partial charge in [-0.1, -0.05) is 41.4 Å². The van der Waals surface area contributed by atoms with E-state index in [0.29, 0.717) is 15.0 Å². The van der Waals surface area contributed by atoms with E-state index >= 15 is 0 Å². The minimum absolute atomic E-state index is 0.0269. The smallest absolute Gasteiger partial charge is 0.287 e. The molecule has 4 rings (SSSR count). The van der Waals surface area contributed by atoms with Gasteiger partial charge in [-0.3, -0.25) is 29.3 Å². The average Bonchev–Trinajstić information content (AvgIpc) is 3.07. The number of Topliss-reactive ketones (excluding diaryl/α,β-unsaturated/α-hetero) is 1. The SMILES string of the molecule is O=C(CN(C(=O)c1ccccc1Cl)N1C(=O)c2cccc([N+](=O)[O-])c2C1=O)c1ccc(Cl)cc1. The molecular weight excluding hydrogens is 485 g/mol. The van der Waals surface area contributed by atoms with Crippen molar-refractivity contribution in [1.29, 1.82) is 0 Å². The number of halogens is 2. The molecule has 3 amide bonds. The molecule has 1 aliphatic rings. The lowest BCUT2D eigenvalue weighted by Gasteiger charge is -2.29. The summed E-state index contributed by atoms with van der Waals surface area (Å²) in [5, 5.41) is 12.9. The first-order chi connectivity index (χ1) is 16.2. The molecule has 0 N–H and O–H groups in total. The van der Waals surface area contributed by atoms with Gasteiger partial charge in [0.1, 0.15) is 12.1 Å². The Hall–Kier alpha value is -4.08. The van der Waals surface area contributed by atoms with Crippen LogP contribution < -0.4 is 0 Å². The quantitative estimate of drug-likeness (QED) is 0.215. The van der Waals surface area contributed by atoms with Gasteiger partial charge in [-0.05, 0) is 42.5 Å². The molecule has 3 aromatic rings. The number of hydrazine groups is 1. The zero-order valence-electron chi connectivity index (χ0n) is 17.1. The lowest BCUT2D eigenvalue weighted by Crippen LogP contribution is -2.51. The van der Waals surface area contributed by atoms with Crippen LogP contribution in [0.2, 0.25) is 10.0 Å². The number of hydrogen-bond acceptors (Lipinski definition) is 6. The number of ketones is 1. The molecule has 9 nitrogen and oxygen atoms in total. The van der Waals surface area contributed by atoms with E-state index in [-0.39, 0.29) is 21.7 Å². The summed E-state index contributed by atoms with van der Waals surface area (Å²) in [5.74, 6) is -3.60. The van der Waals surface area contributed by atoms with Crippen LogP contribution in [0, 0.1) is 10.1 Å². The van der Waals surface area contributed by atoms with Crippen molar-refractivity contribution in [1.82, 2.24) is 10.0 Å². The highest BCUT2D eigenvalue weighted by atomic mass is 35.5. The Bertz CT molecular complexity index is 1370. The number of amides is 3. The van der Waals surface area contributed by atoms with Crippen molar-refractivity contribution < 1.29 is 24.1 Å². The van der Waals surface area contributed by atoms with Gasteiger partial charge in [-0.15, -0.1) is 0 Å². The third kappa shape index (κ3) is 4.02. The number of carbonyl (C=O) groups is 4. The number of fused-ring (bicyclic) bond motifs is 1. The van der Waals surface area contributed by atoms with Crippen LogP contribution in [-0.4, -0.2) is 45.0 Å². The predicted octanol–water partition coefficient (Wildman–Crippen LogP) is 4.44. The van der Waals surface area contributed by atoms with Gasteiger partial charge in [-0.2, -0.15) is 5.01 Å². The standard InChI is InChI=1S/C23H13Cl2N3O6/c24-14-10-8-13(9-11-14)19(29)12-26(21(30)15-4-1-2-6-17(15)25)27-22(31)16-5-3-7-18(28(33)34)20(16)23(27)32/h1-11H,12H2. The van der Waals surface area contributed by atoms with Crippen molar-refractivity contribution in [3.05, 3.63) is 109 Å². The second-order valence-corrected chi connectivity index (χ2v) is 8.00. The van der Waals surface area contributed by atoms with E-state index < -0.39 is 46.2 Å². The van der Waals surface area contributed by atoms with E-state index in [2.05, 4.69) is 0 Å². The van der Waals surface area contributed by atoms with E-state index in [1.165, 1.54) is 54.6 Å². The molecule has 0 aliphatic carbocycles. The molecule has 11 heteroatoms. The molecule has 0 saturated carbocycles. The average molecular weight is 498 g/mol. The van der Waals surface area contributed by atoms with Gasteiger partial charge < -0.3 is 0 Å². The molecule has 0 unspecified atom stereocenters. The number of benzene rings is 3. The van der Waals surface area contributed by atoms with Crippen molar-refractivity contribution in [3.8, 4) is 0 Å². The Kier molecular flexibility index (Phi) is 6.14. The van der Waals surface area contributed by atoms with Crippen LogP contribution in [0.5, 0.6) is 0 Å². The molecule has 3 aromatic carbocycles. The zero-order chi connectivity index (χ0) is 24.6. The fourth-order valence-corrected chi connectivity index (χ4v) is 3.84. The van der Waals surface area contributed by atoms with Gasteiger partial charge in [-0.25, -0.2) is 5.01 Å². The highest BCUT2D eigenvalue weighted by molar-refractivity contribution is 6.34. The number of rotatable bonds is 6. The first-order valence-corrected chi connectivity index (χ1v) is 10.5. The Labute approximate surface area is 202 Å². The van der Waals surface area contributed by atoms with Crippen molar-refractivity contribution in [3.63, 3.8) is 0 Å². The van der Waals surface area contributed by atoms with Crippen LogP contribution in [0.3, 0.4) is 0 Å². The monoisotopic (exact) mass is 497 g/mol. The number of nitrogens with zero attached hydrogens (tertiary/aromatic N) is 3. The maximum Gasteiger partial charge on any atom is 0.287 e. The number of carbonyl (C=O) groups excluding carboxylic acids is 4. The summed E-state index contributed by atoms with van der Waals surface area (Å²) in [5.41, 5.74) is -1.21. The highest BCUT2D eigenvalue weighted by Crippen LogP contribution is 2.32. The van der Waals surface area contributed by atoms with Crippen LogP contribution >= 0.6 is 23.2 Å². The molecule has 0 radical (unpaired) electrons. The number of nitro groups is 1. The molecular formula is C23H13Cl2N3O6. The first-order valence-electron chi connectivity index (χ1n) is 9.72. The topological polar surface area (TPSA) is 118 Å². The van der Waals surface area contributed by atoms with Crippen LogP contribution in [0.4, 0.5) is 5.69 Å². The fourth-order valence-electron chi connectivity index (χ4n) is 3.50. The summed E-state index contributed by atoms with van der Waals surface area (Å²) in [4.78, 5) is 63.4. The molecule has 1 aliphatic heterocycles. The molecule has 0 fully saturated rings. The summed E-state index contributed by atoms with van der Waals surface area (Å²) in [6.45, 7) is -0.717. The summed E-state index contributed by atoms with van der Waals surface area (Å²) >= 11 is 12.0. The van der Waals surface area contributed by atoms with Crippen LogP contribution in [0.15, 0.2) is 66.7 Å². The van der Waals surface area contributed by atoms with Crippen molar-refractivity contribution >= 4 is 52.4 Å². The normalized spacial score (nSPS) is 12.5. The molecule has 0 atom stereocenters. The van der Waals surface area contributed by atoms with E-state index in [4.69, 9.17) is 23.2 Å². The molecule has 0 bridgehead atoms. The second-order valence-electron chi connectivity index (χ2n) is 7.15. The molecule has 0 saturated heterocycles. The molecule has 170 valence electrons. The van der Waals surface area contributed by atoms with Crippen molar-refractivity contribution in [2.45, 2.75) is 0 Å². The molecule has 1 heterocycles. The van der Waals surface area contributed by atoms with Gasteiger partial charge in [0, 0.05) is 16.7 Å². The number of imide groups is 1. The van der Waals surface area contributed by atoms with Crippen molar-refractivity contribution in [2.24, 2.45) is 0 Å². The fraction of sp³-hybridized carbons (Fsp3) is 0.0435. The predicted molar refractivity (Wildman–Crippen MR) is 122 cm³/mol. The Morgan fingerprint density at radius 1 is 0.912 bits per heavy atom. The molecule has 34 heavy (non-hydrogen) atoms. The molecule has 0 spiro atoms. The first kappa shape index (κ1) is 23.1. The summed E-state index contributed by atoms with van der Waals surface area (Å²) in [6, 6.07) is 15.3. The lowest BCUT2D eigenvalue weighted by molar-refractivity contribution is -0.385. The van der Waals surface area contributed by atoms with E-state index in [1.807, 2.05) is 0 Å².